The summed E-state index contributed by atoms with van der Waals surface area (Å²) in [6, 6.07) is 20.3. The summed E-state index contributed by atoms with van der Waals surface area (Å²) in [4.78, 5) is 0. The van der Waals surface area contributed by atoms with Gasteiger partial charge in [-0.15, -0.1) is 34.5 Å². The van der Waals surface area contributed by atoms with Gasteiger partial charge in [0.25, 0.3) is 0 Å². The van der Waals surface area contributed by atoms with Crippen LogP contribution in [0.25, 0.3) is 21.9 Å². The summed E-state index contributed by atoms with van der Waals surface area (Å²) in [5.74, 6) is 1.16. The molecule has 0 aromatic heterocycles. The zero-order valence-corrected chi connectivity index (χ0v) is 16.3. The molecule has 0 radical (unpaired) electrons. The summed E-state index contributed by atoms with van der Waals surface area (Å²) >= 11 is 0. The molecule has 1 heteroatoms. The van der Waals surface area contributed by atoms with Crippen LogP contribution in [0.4, 0.5) is 0 Å². The SMILES string of the molecule is CC(C)c1ccc(-c2cccc3[cH-]c(C(C)C)cc23)cc1.[Zr]. The average Bonchev–Trinajstić information content (AvgIpc) is 2.91. The second-order valence-electron chi connectivity index (χ2n) is 6.53. The molecule has 0 saturated carbocycles. The van der Waals surface area contributed by atoms with E-state index in [0.29, 0.717) is 11.8 Å². The fourth-order valence-corrected chi connectivity index (χ4v) is 2.89. The average molecular weight is 367 g/mol. The number of fused-ring (bicyclic) bond motifs is 1. The van der Waals surface area contributed by atoms with Crippen molar-refractivity contribution in [1.29, 1.82) is 0 Å². The maximum absolute atomic E-state index is 2.35. The van der Waals surface area contributed by atoms with Gasteiger partial charge in [0, 0.05) is 26.2 Å². The van der Waals surface area contributed by atoms with E-state index in [1.165, 1.54) is 33.0 Å². The molecule has 3 rings (SSSR count). The summed E-state index contributed by atoms with van der Waals surface area (Å²) in [5.41, 5.74) is 5.48. The molecule has 22 heavy (non-hydrogen) atoms. The number of hydrogen-bond donors (Lipinski definition) is 0. The third-order valence-electron chi connectivity index (χ3n) is 4.33. The van der Waals surface area contributed by atoms with Crippen LogP contribution in [-0.4, -0.2) is 0 Å². The van der Waals surface area contributed by atoms with E-state index in [1.54, 1.807) is 0 Å². The van der Waals surface area contributed by atoms with Gasteiger partial charge in [-0.1, -0.05) is 63.6 Å². The van der Waals surface area contributed by atoms with Crippen molar-refractivity contribution < 1.29 is 26.2 Å². The second kappa shape index (κ2) is 7.01. The van der Waals surface area contributed by atoms with Crippen LogP contribution >= 0.6 is 0 Å². The van der Waals surface area contributed by atoms with Crippen molar-refractivity contribution in [2.75, 3.05) is 0 Å². The van der Waals surface area contributed by atoms with Crippen molar-refractivity contribution in [1.82, 2.24) is 0 Å². The van der Waals surface area contributed by atoms with E-state index in [9.17, 15) is 0 Å². The molecular formula is C21H23Zr-. The maximum Gasteiger partial charge on any atom is 0 e. The third kappa shape index (κ3) is 3.30. The summed E-state index contributed by atoms with van der Waals surface area (Å²) < 4.78 is 0. The van der Waals surface area contributed by atoms with E-state index in [4.69, 9.17) is 0 Å². The van der Waals surface area contributed by atoms with E-state index in [2.05, 4.69) is 82.3 Å². The predicted octanol–water partition coefficient (Wildman–Crippen LogP) is 6.47. The molecule has 0 nitrogen and oxygen atoms in total. The predicted molar refractivity (Wildman–Crippen MR) is 93.2 cm³/mol. The van der Waals surface area contributed by atoms with E-state index in [0.717, 1.165) is 0 Å². The van der Waals surface area contributed by atoms with E-state index < -0.39 is 0 Å². The minimum Gasteiger partial charge on any atom is -0.164 e. The van der Waals surface area contributed by atoms with Crippen LogP contribution in [0.3, 0.4) is 0 Å². The molecule has 0 spiro atoms. The molecule has 3 aromatic carbocycles. The molecule has 0 N–H and O–H groups in total. The normalized spacial score (nSPS) is 11.2. The molecule has 3 aromatic rings. The first kappa shape index (κ1) is 17.3. The van der Waals surface area contributed by atoms with Gasteiger partial charge >= 0.3 is 0 Å². The van der Waals surface area contributed by atoms with Crippen molar-refractivity contribution in [3.8, 4) is 11.1 Å². The molecule has 0 aliphatic carbocycles. The molecule has 0 aliphatic rings. The Balaban J connectivity index is 0.00000176. The fraction of sp³-hybridized carbons (Fsp3) is 0.286. The molecule has 0 saturated heterocycles. The Kier molecular flexibility index (Phi) is 5.51. The summed E-state index contributed by atoms with van der Waals surface area (Å²) in [6.07, 6.45) is 0. The van der Waals surface area contributed by atoms with E-state index >= 15 is 0 Å². The van der Waals surface area contributed by atoms with Gasteiger partial charge in [0.2, 0.25) is 0 Å². The minimum atomic E-state index is 0. The largest absolute Gasteiger partial charge is 0.164 e. The van der Waals surface area contributed by atoms with Crippen LogP contribution in [-0.2, 0) is 26.2 Å². The summed E-state index contributed by atoms with van der Waals surface area (Å²) in [5, 5.41) is 2.72. The topological polar surface area (TPSA) is 0 Å². The molecule has 0 atom stereocenters. The van der Waals surface area contributed by atoms with Crippen LogP contribution < -0.4 is 0 Å². The van der Waals surface area contributed by atoms with Gasteiger partial charge in [-0.05, 0) is 23.0 Å². The molecule has 112 valence electrons. The molecule has 0 heterocycles. The smallest absolute Gasteiger partial charge is 0 e. The Bertz CT molecular complexity index is 745. The van der Waals surface area contributed by atoms with Gasteiger partial charge in [-0.3, -0.25) is 0 Å². The van der Waals surface area contributed by atoms with Crippen molar-refractivity contribution >= 4 is 10.8 Å². The molecular weight excluding hydrogens is 343 g/mol. The maximum atomic E-state index is 2.35. The second-order valence-corrected chi connectivity index (χ2v) is 6.53. The van der Waals surface area contributed by atoms with Gasteiger partial charge in [0.15, 0.2) is 0 Å². The Morgan fingerprint density at radius 1 is 0.818 bits per heavy atom. The standard InChI is InChI=1S/C21H23.Zr/c1-14(2)16-8-10-17(11-9-16)20-7-5-6-18-12-19(15(3)4)13-21(18)20;/h5-15H,1-4H3;/q-1;. The van der Waals surface area contributed by atoms with E-state index in [-0.39, 0.29) is 26.2 Å². The number of hydrogen-bond acceptors (Lipinski definition) is 0. The van der Waals surface area contributed by atoms with Crippen LogP contribution in [0.5, 0.6) is 0 Å². The third-order valence-corrected chi connectivity index (χ3v) is 4.33. The minimum absolute atomic E-state index is 0. The molecule has 0 unspecified atom stereocenters. The molecule has 0 amide bonds. The zero-order chi connectivity index (χ0) is 15.0. The van der Waals surface area contributed by atoms with E-state index in [1.807, 2.05) is 0 Å². The Morgan fingerprint density at radius 3 is 2.09 bits per heavy atom. The number of rotatable bonds is 3. The summed E-state index contributed by atoms with van der Waals surface area (Å²) in [6.45, 7) is 8.99. The van der Waals surface area contributed by atoms with Crippen molar-refractivity contribution in [3.05, 3.63) is 65.7 Å². The van der Waals surface area contributed by atoms with Gasteiger partial charge < -0.3 is 0 Å². The first-order valence-electron chi connectivity index (χ1n) is 7.86. The zero-order valence-electron chi connectivity index (χ0n) is 13.9. The Labute approximate surface area is 153 Å². The molecule has 0 aliphatic heterocycles. The Hall–Kier alpha value is -1.07. The van der Waals surface area contributed by atoms with Gasteiger partial charge in [-0.25, -0.2) is 0 Å². The molecule has 0 fully saturated rings. The monoisotopic (exact) mass is 365 g/mol. The van der Waals surface area contributed by atoms with Crippen LogP contribution in [0.2, 0.25) is 0 Å². The molecule has 0 bridgehead atoms. The van der Waals surface area contributed by atoms with Crippen molar-refractivity contribution in [3.63, 3.8) is 0 Å². The van der Waals surface area contributed by atoms with Gasteiger partial charge in [0.1, 0.15) is 0 Å². The summed E-state index contributed by atoms with van der Waals surface area (Å²) in [7, 11) is 0. The van der Waals surface area contributed by atoms with Crippen LogP contribution in [0.15, 0.2) is 54.6 Å². The first-order valence-corrected chi connectivity index (χ1v) is 7.86. The van der Waals surface area contributed by atoms with Gasteiger partial charge in [0.05, 0.1) is 0 Å². The number of benzene rings is 2. The van der Waals surface area contributed by atoms with Gasteiger partial charge in [-0.2, -0.15) is 6.07 Å². The Morgan fingerprint density at radius 2 is 1.50 bits per heavy atom. The van der Waals surface area contributed by atoms with Crippen molar-refractivity contribution in [2.24, 2.45) is 0 Å². The fourth-order valence-electron chi connectivity index (χ4n) is 2.89. The van der Waals surface area contributed by atoms with Crippen molar-refractivity contribution in [2.45, 2.75) is 39.5 Å². The first-order chi connectivity index (χ1) is 10.1. The quantitative estimate of drug-likeness (QED) is 0.466. The van der Waals surface area contributed by atoms with Crippen LogP contribution in [0, 0.1) is 0 Å². The van der Waals surface area contributed by atoms with Crippen LogP contribution in [0.1, 0.15) is 50.7 Å².